The number of benzene rings is 3. The molecule has 0 aliphatic rings. The number of oxazole rings is 1. The summed E-state index contributed by atoms with van der Waals surface area (Å²) in [6.07, 6.45) is 2.01. The van der Waals surface area contributed by atoms with E-state index in [1.807, 2.05) is 42.5 Å². The third-order valence-electron chi connectivity index (χ3n) is 4.97. The van der Waals surface area contributed by atoms with Gasteiger partial charge in [0.15, 0.2) is 11.7 Å². The van der Waals surface area contributed by atoms with Crippen LogP contribution in [0.25, 0.3) is 32.1 Å². The first-order chi connectivity index (χ1) is 15.7. The largest absolute Gasteiger partial charge is 0.441 e. The molecule has 5 rings (SSSR count). The van der Waals surface area contributed by atoms with Crippen LogP contribution in [0.15, 0.2) is 83.4 Å². The van der Waals surface area contributed by atoms with Crippen molar-refractivity contribution in [2.75, 3.05) is 5.32 Å². The van der Waals surface area contributed by atoms with Gasteiger partial charge >= 0.3 is 0 Å². The molecule has 5 nitrogen and oxygen atoms in total. The molecule has 0 unspecified atom stereocenters. The first-order valence-electron chi connectivity index (χ1n) is 10.1. The zero-order chi connectivity index (χ0) is 21.9. The van der Waals surface area contributed by atoms with Crippen LogP contribution in [-0.4, -0.2) is 15.9 Å². The van der Waals surface area contributed by atoms with Gasteiger partial charge in [-0.1, -0.05) is 24.3 Å². The van der Waals surface area contributed by atoms with Gasteiger partial charge in [0.1, 0.15) is 10.8 Å². The highest BCUT2D eigenvalue weighted by Crippen LogP contribution is 2.30. The van der Waals surface area contributed by atoms with Gasteiger partial charge < -0.3 is 9.73 Å². The van der Waals surface area contributed by atoms with Crippen molar-refractivity contribution in [1.29, 1.82) is 0 Å². The molecule has 2 heterocycles. The summed E-state index contributed by atoms with van der Waals surface area (Å²) in [4.78, 5) is 21.2. The Bertz CT molecular complexity index is 1360. The number of nitrogens with zero attached hydrogens (tertiary/aromatic N) is 2. The van der Waals surface area contributed by atoms with Crippen LogP contribution in [0.4, 0.5) is 10.1 Å². The van der Waals surface area contributed by atoms with E-state index in [1.165, 1.54) is 12.3 Å². The maximum Gasteiger partial charge on any atom is 0.224 e. The lowest BCUT2D eigenvalue weighted by Gasteiger charge is -2.05. The second kappa shape index (κ2) is 8.72. The van der Waals surface area contributed by atoms with Crippen molar-refractivity contribution in [3.63, 3.8) is 0 Å². The third-order valence-corrected chi connectivity index (χ3v) is 6.05. The highest BCUT2D eigenvalue weighted by Gasteiger charge is 2.12. The van der Waals surface area contributed by atoms with E-state index in [4.69, 9.17) is 4.42 Å². The molecule has 1 N–H and O–H groups in total. The van der Waals surface area contributed by atoms with E-state index in [0.29, 0.717) is 29.3 Å². The first kappa shape index (κ1) is 20.1. The molecule has 3 aromatic carbocycles. The number of halogens is 1. The number of anilines is 1. The zero-order valence-corrected chi connectivity index (χ0v) is 17.7. The predicted octanol–water partition coefficient (Wildman–Crippen LogP) is 6.33. The number of hydrogen-bond acceptors (Lipinski definition) is 5. The zero-order valence-electron chi connectivity index (χ0n) is 16.9. The maximum absolute atomic E-state index is 13.9. The molecule has 0 atom stereocenters. The monoisotopic (exact) mass is 443 g/mol. The van der Waals surface area contributed by atoms with E-state index in [9.17, 15) is 9.18 Å². The Kier molecular flexibility index (Phi) is 5.47. The summed E-state index contributed by atoms with van der Waals surface area (Å²) in [5.74, 6) is 0.221. The molecule has 0 aliphatic heterocycles. The lowest BCUT2D eigenvalue weighted by molar-refractivity contribution is -0.116. The maximum atomic E-state index is 13.9. The Morgan fingerprint density at radius 2 is 1.78 bits per heavy atom. The van der Waals surface area contributed by atoms with Crippen molar-refractivity contribution in [2.24, 2.45) is 0 Å². The molecular weight excluding hydrogens is 425 g/mol. The number of rotatable bonds is 6. The highest BCUT2D eigenvalue weighted by molar-refractivity contribution is 7.21. The van der Waals surface area contributed by atoms with Gasteiger partial charge in [0, 0.05) is 24.1 Å². The highest BCUT2D eigenvalue weighted by atomic mass is 32.1. The van der Waals surface area contributed by atoms with Crippen molar-refractivity contribution >= 4 is 33.1 Å². The molecule has 158 valence electrons. The number of para-hydroxylation sites is 1. The average molecular weight is 444 g/mol. The molecule has 5 aromatic rings. The van der Waals surface area contributed by atoms with Gasteiger partial charge in [-0.15, -0.1) is 11.3 Å². The standard InChI is InChI=1S/C25H18FN3O2S/c26-19-6-2-1-5-18(19)21-15-27-24(31-21)14-13-23(30)28-17-11-9-16(10-12-17)25-29-20-7-3-4-8-22(20)32-25/h1-12,15H,13-14H2,(H,28,30). The van der Waals surface area contributed by atoms with Crippen LogP contribution in [-0.2, 0) is 11.2 Å². The van der Waals surface area contributed by atoms with E-state index in [0.717, 1.165) is 20.8 Å². The van der Waals surface area contributed by atoms with E-state index in [1.54, 1.807) is 29.5 Å². The first-order valence-corrected chi connectivity index (χ1v) is 10.9. The van der Waals surface area contributed by atoms with Gasteiger partial charge in [-0.05, 0) is 48.5 Å². The smallest absolute Gasteiger partial charge is 0.224 e. The van der Waals surface area contributed by atoms with Crippen LogP contribution in [0.3, 0.4) is 0 Å². The van der Waals surface area contributed by atoms with Gasteiger partial charge in [0.05, 0.1) is 22.0 Å². The summed E-state index contributed by atoms with van der Waals surface area (Å²) >= 11 is 1.64. The number of aromatic nitrogens is 2. The summed E-state index contributed by atoms with van der Waals surface area (Å²) < 4.78 is 20.6. The Balaban J connectivity index is 1.19. The van der Waals surface area contributed by atoms with E-state index < -0.39 is 0 Å². The van der Waals surface area contributed by atoms with Crippen molar-refractivity contribution in [3.8, 4) is 21.9 Å². The summed E-state index contributed by atoms with van der Waals surface area (Å²) in [6.45, 7) is 0. The average Bonchev–Trinajstić information content (AvgIpc) is 3.46. The number of amides is 1. The van der Waals surface area contributed by atoms with Crippen LogP contribution < -0.4 is 5.32 Å². The summed E-state index contributed by atoms with van der Waals surface area (Å²) in [7, 11) is 0. The molecular formula is C25H18FN3O2S. The number of aryl methyl sites for hydroxylation is 1. The number of carbonyl (C=O) groups is 1. The lowest BCUT2D eigenvalue weighted by atomic mass is 10.2. The molecule has 0 spiro atoms. The third kappa shape index (κ3) is 4.29. The van der Waals surface area contributed by atoms with E-state index in [-0.39, 0.29) is 18.1 Å². The van der Waals surface area contributed by atoms with Gasteiger partial charge in [-0.2, -0.15) is 0 Å². The number of hydrogen-bond donors (Lipinski definition) is 1. The predicted molar refractivity (Wildman–Crippen MR) is 124 cm³/mol. The summed E-state index contributed by atoms with van der Waals surface area (Å²) in [5, 5.41) is 3.82. The fourth-order valence-corrected chi connectivity index (χ4v) is 4.32. The van der Waals surface area contributed by atoms with Gasteiger partial charge in [0.25, 0.3) is 0 Å². The minimum Gasteiger partial charge on any atom is -0.441 e. The molecule has 0 bridgehead atoms. The normalized spacial score (nSPS) is 11.0. The minimum atomic E-state index is -0.373. The molecule has 0 saturated carbocycles. The molecule has 0 radical (unpaired) electrons. The van der Waals surface area contributed by atoms with Crippen LogP contribution in [0.1, 0.15) is 12.3 Å². The SMILES string of the molecule is O=C(CCc1ncc(-c2ccccc2F)o1)Nc1ccc(-c2nc3ccccc3s2)cc1. The minimum absolute atomic E-state index is 0.150. The number of fused-ring (bicyclic) bond motifs is 1. The Morgan fingerprint density at radius 3 is 2.59 bits per heavy atom. The van der Waals surface area contributed by atoms with Crippen molar-refractivity contribution in [2.45, 2.75) is 12.8 Å². The van der Waals surface area contributed by atoms with E-state index in [2.05, 4.69) is 21.4 Å². The molecule has 1 amide bonds. The van der Waals surface area contributed by atoms with E-state index >= 15 is 0 Å². The molecule has 7 heteroatoms. The number of nitrogens with one attached hydrogen (secondary N) is 1. The van der Waals surface area contributed by atoms with Crippen LogP contribution in [0, 0.1) is 5.82 Å². The molecule has 0 aliphatic carbocycles. The van der Waals surface area contributed by atoms with Crippen LogP contribution >= 0.6 is 11.3 Å². The van der Waals surface area contributed by atoms with Crippen molar-refractivity contribution in [3.05, 3.63) is 90.7 Å². The number of carbonyl (C=O) groups excluding carboxylic acids is 1. The second-order valence-corrected chi connectivity index (χ2v) is 8.24. The van der Waals surface area contributed by atoms with Crippen molar-refractivity contribution < 1.29 is 13.6 Å². The van der Waals surface area contributed by atoms with Gasteiger partial charge in [0.2, 0.25) is 5.91 Å². The number of thiazole rings is 1. The fourth-order valence-electron chi connectivity index (χ4n) is 3.35. The van der Waals surface area contributed by atoms with Crippen LogP contribution in [0.2, 0.25) is 0 Å². The molecule has 0 saturated heterocycles. The molecule has 32 heavy (non-hydrogen) atoms. The Hall–Kier alpha value is -3.84. The second-order valence-electron chi connectivity index (χ2n) is 7.21. The van der Waals surface area contributed by atoms with Crippen molar-refractivity contribution in [1.82, 2.24) is 9.97 Å². The Morgan fingerprint density at radius 1 is 1.00 bits per heavy atom. The lowest BCUT2D eigenvalue weighted by Crippen LogP contribution is -2.12. The fraction of sp³-hybridized carbons (Fsp3) is 0.0800. The topological polar surface area (TPSA) is 68.0 Å². The quantitative estimate of drug-likeness (QED) is 0.333. The van der Waals surface area contributed by atoms with Gasteiger partial charge in [-0.25, -0.2) is 14.4 Å². The van der Waals surface area contributed by atoms with Crippen LogP contribution in [0.5, 0.6) is 0 Å². The summed E-state index contributed by atoms with van der Waals surface area (Å²) in [5.41, 5.74) is 3.04. The molecule has 0 fully saturated rings. The van der Waals surface area contributed by atoms with Gasteiger partial charge in [-0.3, -0.25) is 4.79 Å². The summed E-state index contributed by atoms with van der Waals surface area (Å²) in [6, 6.07) is 22.0. The Labute approximate surface area is 187 Å². The molecule has 2 aromatic heterocycles.